The van der Waals surface area contributed by atoms with Crippen LogP contribution in [0.4, 0.5) is 0 Å². The van der Waals surface area contributed by atoms with Gasteiger partial charge in [-0.2, -0.15) is 4.72 Å². The fourth-order valence-electron chi connectivity index (χ4n) is 1.53. The molecule has 0 saturated heterocycles. The number of ether oxygens (including phenoxy) is 1. The minimum Gasteiger partial charge on any atom is -0.468 e. The second kappa shape index (κ2) is 6.24. The van der Waals surface area contributed by atoms with Crippen LogP contribution in [0.15, 0.2) is 33.6 Å². The van der Waals surface area contributed by atoms with Crippen molar-refractivity contribution in [2.75, 3.05) is 7.11 Å². The van der Waals surface area contributed by atoms with Crippen molar-refractivity contribution < 1.29 is 17.9 Å². The molecule has 20 heavy (non-hydrogen) atoms. The smallest absolute Gasteiger partial charge is 0.324 e. The van der Waals surface area contributed by atoms with Crippen molar-refractivity contribution in [2.45, 2.75) is 31.7 Å². The first-order valence-electron chi connectivity index (χ1n) is 5.93. The summed E-state index contributed by atoms with van der Waals surface area (Å²) in [5, 5.41) is 0. The van der Waals surface area contributed by atoms with E-state index in [4.69, 9.17) is 0 Å². The molecule has 0 spiro atoms. The zero-order valence-corrected chi connectivity index (χ0v) is 14.2. The number of sulfonamides is 1. The van der Waals surface area contributed by atoms with E-state index in [1.54, 1.807) is 32.9 Å². The summed E-state index contributed by atoms with van der Waals surface area (Å²) in [5.74, 6) is -0.613. The van der Waals surface area contributed by atoms with Gasteiger partial charge in [-0.15, -0.1) is 0 Å². The van der Waals surface area contributed by atoms with Crippen LogP contribution in [0, 0.1) is 5.41 Å². The highest BCUT2D eigenvalue weighted by Crippen LogP contribution is 2.23. The van der Waals surface area contributed by atoms with Gasteiger partial charge in [0, 0.05) is 4.47 Å². The highest BCUT2D eigenvalue weighted by Gasteiger charge is 2.36. The second-order valence-corrected chi connectivity index (χ2v) is 8.03. The molecule has 7 heteroatoms. The first-order chi connectivity index (χ1) is 9.08. The van der Waals surface area contributed by atoms with E-state index in [2.05, 4.69) is 25.4 Å². The van der Waals surface area contributed by atoms with Crippen LogP contribution in [0.2, 0.25) is 0 Å². The van der Waals surface area contributed by atoms with Crippen molar-refractivity contribution in [1.82, 2.24) is 4.72 Å². The van der Waals surface area contributed by atoms with Gasteiger partial charge in [0.15, 0.2) is 0 Å². The summed E-state index contributed by atoms with van der Waals surface area (Å²) in [7, 11) is -2.56. The monoisotopic (exact) mass is 363 g/mol. The third-order valence-electron chi connectivity index (χ3n) is 2.70. The van der Waals surface area contributed by atoms with Crippen LogP contribution < -0.4 is 4.72 Å². The molecule has 5 nitrogen and oxygen atoms in total. The maximum atomic E-state index is 12.3. The van der Waals surface area contributed by atoms with Crippen LogP contribution in [0.3, 0.4) is 0 Å². The average molecular weight is 364 g/mol. The van der Waals surface area contributed by atoms with E-state index in [9.17, 15) is 13.2 Å². The third-order valence-corrected chi connectivity index (χ3v) is 4.67. The molecule has 0 bridgehead atoms. The topological polar surface area (TPSA) is 72.5 Å². The van der Waals surface area contributed by atoms with Gasteiger partial charge >= 0.3 is 5.97 Å². The Bertz CT molecular complexity index is 575. The molecule has 0 unspecified atom stereocenters. The van der Waals surface area contributed by atoms with Crippen molar-refractivity contribution in [3.8, 4) is 0 Å². The Labute approximate surface area is 127 Å². The number of esters is 1. The summed E-state index contributed by atoms with van der Waals surface area (Å²) in [6.45, 7) is 5.29. The molecular weight excluding hydrogens is 346 g/mol. The van der Waals surface area contributed by atoms with Gasteiger partial charge in [0.2, 0.25) is 10.0 Å². The number of halogens is 1. The molecular formula is C13H18BrNO4S. The Morgan fingerprint density at radius 1 is 1.25 bits per heavy atom. The fourth-order valence-corrected chi connectivity index (χ4v) is 3.19. The summed E-state index contributed by atoms with van der Waals surface area (Å²) in [4.78, 5) is 11.9. The van der Waals surface area contributed by atoms with E-state index in [0.717, 1.165) is 4.47 Å². The molecule has 0 amide bonds. The van der Waals surface area contributed by atoms with Crippen LogP contribution in [-0.4, -0.2) is 27.5 Å². The lowest BCUT2D eigenvalue weighted by atomic mass is 9.87. The van der Waals surface area contributed by atoms with Crippen LogP contribution in [-0.2, 0) is 19.6 Å². The van der Waals surface area contributed by atoms with E-state index < -0.39 is 27.4 Å². The lowest BCUT2D eigenvalue weighted by molar-refractivity contribution is -0.145. The molecule has 112 valence electrons. The molecule has 0 aliphatic carbocycles. The van der Waals surface area contributed by atoms with E-state index in [0.29, 0.717) is 0 Å². The molecule has 0 aliphatic heterocycles. The number of carbonyl (C=O) groups is 1. The molecule has 1 atom stereocenters. The van der Waals surface area contributed by atoms with Crippen LogP contribution in [0.5, 0.6) is 0 Å². The van der Waals surface area contributed by atoms with Crippen molar-refractivity contribution in [3.63, 3.8) is 0 Å². The van der Waals surface area contributed by atoms with Gasteiger partial charge in [0.1, 0.15) is 6.04 Å². The number of methoxy groups -OCH3 is 1. The summed E-state index contributed by atoms with van der Waals surface area (Å²) in [6.07, 6.45) is 0. The Morgan fingerprint density at radius 2 is 1.75 bits per heavy atom. The molecule has 0 aliphatic rings. The second-order valence-electron chi connectivity index (χ2n) is 5.40. The summed E-state index contributed by atoms with van der Waals surface area (Å²) >= 11 is 3.24. The molecule has 0 saturated carbocycles. The summed E-state index contributed by atoms with van der Waals surface area (Å²) in [5.41, 5.74) is -0.602. The zero-order valence-electron chi connectivity index (χ0n) is 11.8. The largest absolute Gasteiger partial charge is 0.468 e. The Hall–Kier alpha value is -0.920. The molecule has 1 rings (SSSR count). The third kappa shape index (κ3) is 4.29. The molecule has 0 aromatic heterocycles. The van der Waals surface area contributed by atoms with Gasteiger partial charge in [-0.05, 0) is 29.7 Å². The number of hydrogen-bond donors (Lipinski definition) is 1. The maximum Gasteiger partial charge on any atom is 0.324 e. The molecule has 0 fully saturated rings. The lowest BCUT2D eigenvalue weighted by Gasteiger charge is -2.28. The van der Waals surface area contributed by atoms with Crippen molar-refractivity contribution in [2.24, 2.45) is 5.41 Å². The van der Waals surface area contributed by atoms with Gasteiger partial charge in [0.05, 0.1) is 12.0 Å². The number of rotatable bonds is 4. The predicted octanol–water partition coefficient (Wildman–Crippen LogP) is 2.32. The fraction of sp³-hybridized carbons (Fsp3) is 0.462. The van der Waals surface area contributed by atoms with E-state index in [-0.39, 0.29) is 4.90 Å². The van der Waals surface area contributed by atoms with Gasteiger partial charge in [-0.1, -0.05) is 36.7 Å². The molecule has 1 aromatic rings. The number of benzene rings is 1. The molecule has 1 N–H and O–H groups in total. The molecule has 1 aromatic carbocycles. The van der Waals surface area contributed by atoms with E-state index >= 15 is 0 Å². The van der Waals surface area contributed by atoms with Crippen LogP contribution >= 0.6 is 15.9 Å². The number of hydrogen-bond acceptors (Lipinski definition) is 4. The first kappa shape index (κ1) is 17.1. The zero-order chi connectivity index (χ0) is 15.6. The van der Waals surface area contributed by atoms with Gasteiger partial charge in [-0.25, -0.2) is 8.42 Å². The standard InChI is InChI=1S/C13H18BrNO4S/c1-13(2,3)11(12(16)19-4)15-20(17,18)10-7-5-9(14)6-8-10/h5-8,11,15H,1-4H3/t11-/m0/s1. The van der Waals surface area contributed by atoms with E-state index in [1.807, 2.05) is 0 Å². The number of carbonyl (C=O) groups excluding carboxylic acids is 1. The van der Waals surface area contributed by atoms with Crippen LogP contribution in [0.25, 0.3) is 0 Å². The van der Waals surface area contributed by atoms with Crippen molar-refractivity contribution in [3.05, 3.63) is 28.7 Å². The minimum absolute atomic E-state index is 0.0962. The minimum atomic E-state index is -3.79. The quantitative estimate of drug-likeness (QED) is 0.833. The van der Waals surface area contributed by atoms with Crippen molar-refractivity contribution in [1.29, 1.82) is 0 Å². The summed E-state index contributed by atoms with van der Waals surface area (Å²) in [6, 6.07) is 5.21. The van der Waals surface area contributed by atoms with Gasteiger partial charge in [0.25, 0.3) is 0 Å². The normalized spacial score (nSPS) is 13.8. The Morgan fingerprint density at radius 3 is 2.15 bits per heavy atom. The predicted molar refractivity (Wildman–Crippen MR) is 79.7 cm³/mol. The maximum absolute atomic E-state index is 12.3. The number of nitrogens with one attached hydrogen (secondary N) is 1. The van der Waals surface area contributed by atoms with Gasteiger partial charge < -0.3 is 4.74 Å². The van der Waals surface area contributed by atoms with E-state index in [1.165, 1.54) is 19.2 Å². The van der Waals surface area contributed by atoms with Crippen molar-refractivity contribution >= 4 is 31.9 Å². The van der Waals surface area contributed by atoms with Gasteiger partial charge in [-0.3, -0.25) is 4.79 Å². The average Bonchev–Trinajstić information content (AvgIpc) is 2.34. The Kier molecular flexibility index (Phi) is 5.34. The lowest BCUT2D eigenvalue weighted by Crippen LogP contribution is -2.49. The molecule has 0 heterocycles. The summed E-state index contributed by atoms with van der Waals surface area (Å²) < 4.78 is 32.4. The highest BCUT2D eigenvalue weighted by atomic mass is 79.9. The molecule has 0 radical (unpaired) electrons. The Balaban J connectivity index is 3.09. The highest BCUT2D eigenvalue weighted by molar-refractivity contribution is 9.10. The van der Waals surface area contributed by atoms with Crippen LogP contribution in [0.1, 0.15) is 20.8 Å². The first-order valence-corrected chi connectivity index (χ1v) is 8.21. The SMILES string of the molecule is COC(=O)[C@H](NS(=O)(=O)c1ccc(Br)cc1)C(C)(C)C.